The molecule has 0 unspecified atom stereocenters. The highest BCUT2D eigenvalue weighted by molar-refractivity contribution is 6.00. The van der Waals surface area contributed by atoms with Crippen LogP contribution in [0.15, 0.2) is 30.3 Å². The number of rotatable bonds is 3. The van der Waals surface area contributed by atoms with Crippen molar-refractivity contribution >= 4 is 23.3 Å². The molecule has 0 bridgehead atoms. The van der Waals surface area contributed by atoms with Crippen molar-refractivity contribution in [1.82, 2.24) is 9.78 Å². The fourth-order valence-corrected chi connectivity index (χ4v) is 1.69. The minimum atomic E-state index is -0.376. The molecule has 0 spiro atoms. The maximum Gasteiger partial charge on any atom is 0.324 e. The highest BCUT2D eigenvalue weighted by atomic mass is 16.2. The van der Waals surface area contributed by atoms with Crippen LogP contribution in [0.5, 0.6) is 0 Å². The standard InChI is InChI=1S/C14H16N4O2/c1-9-8-13(17-18(9)3)16-14(20)15-12-6-4-11(5-7-12)10(2)19/h4-8H,1-3H3,(H2,15,16,17,20). The number of aryl methyl sites for hydroxylation is 2. The molecule has 104 valence electrons. The van der Waals surface area contributed by atoms with Crippen molar-refractivity contribution in [3.63, 3.8) is 0 Å². The number of aromatic nitrogens is 2. The van der Waals surface area contributed by atoms with Gasteiger partial charge in [-0.2, -0.15) is 5.10 Å². The van der Waals surface area contributed by atoms with E-state index in [0.717, 1.165) is 5.69 Å². The fourth-order valence-electron chi connectivity index (χ4n) is 1.69. The van der Waals surface area contributed by atoms with Crippen LogP contribution in [0.1, 0.15) is 23.0 Å². The van der Waals surface area contributed by atoms with Crippen molar-refractivity contribution < 1.29 is 9.59 Å². The second kappa shape index (κ2) is 5.56. The number of carbonyl (C=O) groups excluding carboxylic acids is 2. The molecule has 0 aliphatic heterocycles. The third-order valence-electron chi connectivity index (χ3n) is 2.90. The van der Waals surface area contributed by atoms with Crippen LogP contribution in [-0.4, -0.2) is 21.6 Å². The number of ketones is 1. The molecule has 0 fully saturated rings. The van der Waals surface area contributed by atoms with Crippen LogP contribution in [-0.2, 0) is 7.05 Å². The van der Waals surface area contributed by atoms with E-state index in [1.165, 1.54) is 6.92 Å². The Morgan fingerprint density at radius 1 is 1.15 bits per heavy atom. The van der Waals surface area contributed by atoms with Crippen molar-refractivity contribution in [2.24, 2.45) is 7.05 Å². The van der Waals surface area contributed by atoms with Crippen molar-refractivity contribution in [2.45, 2.75) is 13.8 Å². The Morgan fingerprint density at radius 2 is 1.80 bits per heavy atom. The van der Waals surface area contributed by atoms with Gasteiger partial charge in [0.05, 0.1) is 0 Å². The number of nitrogens with one attached hydrogen (secondary N) is 2. The number of Topliss-reactive ketones (excluding diaryl/α,β-unsaturated/α-hetero) is 1. The van der Waals surface area contributed by atoms with Gasteiger partial charge in [0.15, 0.2) is 11.6 Å². The Morgan fingerprint density at radius 3 is 2.30 bits per heavy atom. The van der Waals surface area contributed by atoms with Gasteiger partial charge >= 0.3 is 6.03 Å². The monoisotopic (exact) mass is 272 g/mol. The maximum absolute atomic E-state index is 11.8. The number of amides is 2. The number of hydrogen-bond acceptors (Lipinski definition) is 3. The number of carbonyl (C=O) groups is 2. The van der Waals surface area contributed by atoms with Gasteiger partial charge in [-0.25, -0.2) is 4.79 Å². The summed E-state index contributed by atoms with van der Waals surface area (Å²) in [6.07, 6.45) is 0. The van der Waals surface area contributed by atoms with Crippen LogP contribution >= 0.6 is 0 Å². The third kappa shape index (κ3) is 3.23. The van der Waals surface area contributed by atoms with Crippen molar-refractivity contribution in [3.05, 3.63) is 41.6 Å². The zero-order valence-corrected chi connectivity index (χ0v) is 11.6. The summed E-state index contributed by atoms with van der Waals surface area (Å²) in [5.41, 5.74) is 2.17. The third-order valence-corrected chi connectivity index (χ3v) is 2.90. The fraction of sp³-hybridized carbons (Fsp3) is 0.214. The molecule has 20 heavy (non-hydrogen) atoms. The first kappa shape index (κ1) is 13.8. The highest BCUT2D eigenvalue weighted by Crippen LogP contribution is 2.11. The second-order valence-electron chi connectivity index (χ2n) is 4.51. The smallest absolute Gasteiger partial charge is 0.308 e. The minimum Gasteiger partial charge on any atom is -0.308 e. The zero-order chi connectivity index (χ0) is 14.7. The highest BCUT2D eigenvalue weighted by Gasteiger charge is 2.07. The molecule has 1 aromatic heterocycles. The molecule has 0 aliphatic carbocycles. The van der Waals surface area contributed by atoms with Gasteiger partial charge in [-0.05, 0) is 38.1 Å². The summed E-state index contributed by atoms with van der Waals surface area (Å²) in [5, 5.41) is 9.44. The molecule has 6 nitrogen and oxygen atoms in total. The van der Waals surface area contributed by atoms with Crippen LogP contribution in [0.2, 0.25) is 0 Å². The van der Waals surface area contributed by atoms with Crippen molar-refractivity contribution in [1.29, 1.82) is 0 Å². The normalized spacial score (nSPS) is 10.2. The van der Waals surface area contributed by atoms with Crippen molar-refractivity contribution in [2.75, 3.05) is 10.6 Å². The Kier molecular flexibility index (Phi) is 3.84. The molecule has 1 heterocycles. The van der Waals surface area contributed by atoms with E-state index in [0.29, 0.717) is 17.1 Å². The minimum absolute atomic E-state index is 0.00929. The predicted molar refractivity (Wildman–Crippen MR) is 77.0 cm³/mol. The van der Waals surface area contributed by atoms with Gasteiger partial charge in [0, 0.05) is 30.1 Å². The van der Waals surface area contributed by atoms with E-state index in [9.17, 15) is 9.59 Å². The summed E-state index contributed by atoms with van der Waals surface area (Å²) in [6, 6.07) is 8.10. The molecule has 0 atom stereocenters. The molecular weight excluding hydrogens is 256 g/mol. The summed E-state index contributed by atoms with van der Waals surface area (Å²) >= 11 is 0. The molecule has 0 radical (unpaired) electrons. The Balaban J connectivity index is 1.99. The Hall–Kier alpha value is -2.63. The van der Waals surface area contributed by atoms with E-state index in [-0.39, 0.29) is 11.8 Å². The SMILES string of the molecule is CC(=O)c1ccc(NC(=O)Nc2cc(C)n(C)n2)cc1. The number of urea groups is 1. The van der Waals surface area contributed by atoms with Gasteiger partial charge in [-0.1, -0.05) is 0 Å². The van der Waals surface area contributed by atoms with Crippen LogP contribution in [0, 0.1) is 6.92 Å². The first-order valence-corrected chi connectivity index (χ1v) is 6.15. The molecule has 0 aliphatic rings. The first-order valence-electron chi connectivity index (χ1n) is 6.15. The van der Waals surface area contributed by atoms with E-state index < -0.39 is 0 Å². The lowest BCUT2D eigenvalue weighted by Gasteiger charge is -2.05. The first-order chi connectivity index (χ1) is 9.45. The molecule has 2 N–H and O–H groups in total. The molecule has 6 heteroatoms. The van der Waals surface area contributed by atoms with Gasteiger partial charge in [0.25, 0.3) is 0 Å². The number of benzene rings is 1. The number of anilines is 2. The van der Waals surface area contributed by atoms with Crippen LogP contribution in [0.4, 0.5) is 16.3 Å². The van der Waals surface area contributed by atoms with Gasteiger partial charge in [0.2, 0.25) is 0 Å². The van der Waals surface area contributed by atoms with E-state index >= 15 is 0 Å². The lowest BCUT2D eigenvalue weighted by Crippen LogP contribution is -2.19. The number of hydrogen-bond donors (Lipinski definition) is 2. The van der Waals surface area contributed by atoms with E-state index in [1.54, 1.807) is 42.1 Å². The second-order valence-corrected chi connectivity index (χ2v) is 4.51. The molecule has 0 saturated carbocycles. The summed E-state index contributed by atoms with van der Waals surface area (Å²) in [7, 11) is 1.80. The molecule has 2 rings (SSSR count). The summed E-state index contributed by atoms with van der Waals surface area (Å²) in [5.74, 6) is 0.479. The van der Waals surface area contributed by atoms with E-state index in [4.69, 9.17) is 0 Å². The summed E-state index contributed by atoms with van der Waals surface area (Å²) in [4.78, 5) is 22.9. The van der Waals surface area contributed by atoms with Gasteiger partial charge in [-0.3, -0.25) is 14.8 Å². The van der Waals surface area contributed by atoms with Crippen LogP contribution in [0.3, 0.4) is 0 Å². The molecule has 1 aromatic carbocycles. The average molecular weight is 272 g/mol. The molecule has 2 amide bonds. The topological polar surface area (TPSA) is 76.0 Å². The lowest BCUT2D eigenvalue weighted by molar-refractivity contribution is 0.101. The van der Waals surface area contributed by atoms with Gasteiger partial charge in [0.1, 0.15) is 0 Å². The van der Waals surface area contributed by atoms with Crippen LogP contribution < -0.4 is 10.6 Å². The quantitative estimate of drug-likeness (QED) is 0.843. The lowest BCUT2D eigenvalue weighted by atomic mass is 10.1. The average Bonchev–Trinajstić information content (AvgIpc) is 2.68. The molecular formula is C14H16N4O2. The zero-order valence-electron chi connectivity index (χ0n) is 11.6. The number of nitrogens with zero attached hydrogens (tertiary/aromatic N) is 2. The summed E-state index contributed by atoms with van der Waals surface area (Å²) in [6.45, 7) is 3.40. The van der Waals surface area contributed by atoms with Gasteiger partial charge in [-0.15, -0.1) is 0 Å². The van der Waals surface area contributed by atoms with Gasteiger partial charge < -0.3 is 5.32 Å². The Labute approximate surface area is 116 Å². The molecule has 0 saturated heterocycles. The Bertz CT molecular complexity index is 624. The van der Waals surface area contributed by atoms with Crippen LogP contribution in [0.25, 0.3) is 0 Å². The largest absolute Gasteiger partial charge is 0.324 e. The van der Waals surface area contributed by atoms with E-state index in [2.05, 4.69) is 15.7 Å². The summed E-state index contributed by atoms with van der Waals surface area (Å²) < 4.78 is 1.68. The van der Waals surface area contributed by atoms with E-state index in [1.807, 2.05) is 6.92 Å². The van der Waals surface area contributed by atoms with Crippen molar-refractivity contribution in [3.8, 4) is 0 Å². The maximum atomic E-state index is 11.8. The predicted octanol–water partition coefficient (Wildman–Crippen LogP) is 2.58. The molecule has 2 aromatic rings.